The van der Waals surface area contributed by atoms with Crippen LogP contribution < -0.4 is 0 Å². The van der Waals surface area contributed by atoms with Gasteiger partial charge in [-0.05, 0) is 61.8 Å². The number of carbonyl (C=O) groups is 2. The van der Waals surface area contributed by atoms with Crippen molar-refractivity contribution in [1.82, 2.24) is 0 Å². The predicted molar refractivity (Wildman–Crippen MR) is 73.2 cm³/mol. The monoisotopic (exact) mass is 260 g/mol. The van der Waals surface area contributed by atoms with Gasteiger partial charge in [0.05, 0.1) is 12.2 Å². The zero-order chi connectivity index (χ0) is 13.7. The van der Waals surface area contributed by atoms with E-state index in [1.807, 2.05) is 25.1 Å². The molecule has 0 heterocycles. The molecule has 0 saturated heterocycles. The number of fused-ring (bicyclic) bond motifs is 1. The Morgan fingerprint density at radius 1 is 1.42 bits per heavy atom. The Balaban J connectivity index is 2.07. The van der Waals surface area contributed by atoms with Crippen LogP contribution in [0.4, 0.5) is 0 Å². The molecule has 2 rings (SSSR count). The highest BCUT2D eigenvalue weighted by Crippen LogP contribution is 2.29. The second-order valence-corrected chi connectivity index (χ2v) is 5.06. The van der Waals surface area contributed by atoms with Crippen molar-refractivity contribution in [2.24, 2.45) is 5.92 Å². The zero-order valence-corrected chi connectivity index (χ0v) is 11.4. The van der Waals surface area contributed by atoms with Gasteiger partial charge in [0.25, 0.3) is 0 Å². The Hall–Kier alpha value is -1.64. The third-order valence-electron chi connectivity index (χ3n) is 3.74. The van der Waals surface area contributed by atoms with E-state index in [4.69, 9.17) is 4.74 Å². The SMILES string of the molecule is CCOC(=O)c1ccc2c(c1)CC[C@H](CCC=O)C2. The molecule has 1 aromatic carbocycles. The molecule has 0 aliphatic heterocycles. The molecule has 102 valence electrons. The van der Waals surface area contributed by atoms with E-state index in [2.05, 4.69) is 0 Å². The van der Waals surface area contributed by atoms with Crippen LogP contribution >= 0.6 is 0 Å². The largest absolute Gasteiger partial charge is 0.462 e. The number of ether oxygens (including phenoxy) is 1. The van der Waals surface area contributed by atoms with Crippen LogP contribution in [-0.2, 0) is 22.4 Å². The minimum absolute atomic E-state index is 0.242. The van der Waals surface area contributed by atoms with Gasteiger partial charge in [-0.15, -0.1) is 0 Å². The molecule has 0 amide bonds. The standard InChI is InChI=1S/C16H20O3/c1-2-19-16(18)15-8-7-13-10-12(4-3-9-17)5-6-14(13)11-15/h7-9,11-12H,2-6,10H2,1H3/t12-/m0/s1. The second-order valence-electron chi connectivity index (χ2n) is 5.06. The first kappa shape index (κ1) is 13.8. The van der Waals surface area contributed by atoms with Gasteiger partial charge in [0, 0.05) is 6.42 Å². The summed E-state index contributed by atoms with van der Waals surface area (Å²) in [7, 11) is 0. The average Bonchev–Trinajstić information content (AvgIpc) is 2.44. The molecule has 3 nitrogen and oxygen atoms in total. The lowest BCUT2D eigenvalue weighted by atomic mass is 9.81. The molecular formula is C16H20O3. The number of esters is 1. The Bertz CT molecular complexity index is 465. The summed E-state index contributed by atoms with van der Waals surface area (Å²) >= 11 is 0. The van der Waals surface area contributed by atoms with Crippen molar-refractivity contribution in [1.29, 1.82) is 0 Å². The molecule has 0 N–H and O–H groups in total. The van der Waals surface area contributed by atoms with Gasteiger partial charge in [0.15, 0.2) is 0 Å². The molecule has 0 bridgehead atoms. The second kappa shape index (κ2) is 6.50. The van der Waals surface area contributed by atoms with Gasteiger partial charge in [-0.2, -0.15) is 0 Å². The number of hydrogen-bond donors (Lipinski definition) is 0. The number of rotatable bonds is 5. The molecule has 0 fully saturated rings. The lowest BCUT2D eigenvalue weighted by Crippen LogP contribution is -2.15. The van der Waals surface area contributed by atoms with E-state index >= 15 is 0 Å². The van der Waals surface area contributed by atoms with Crippen LogP contribution in [-0.4, -0.2) is 18.9 Å². The summed E-state index contributed by atoms with van der Waals surface area (Å²) in [6.07, 6.45) is 5.74. The third-order valence-corrected chi connectivity index (χ3v) is 3.74. The molecule has 0 spiro atoms. The van der Waals surface area contributed by atoms with Gasteiger partial charge in [-0.1, -0.05) is 6.07 Å². The van der Waals surface area contributed by atoms with E-state index in [1.54, 1.807) is 0 Å². The molecule has 0 radical (unpaired) electrons. The fourth-order valence-electron chi connectivity index (χ4n) is 2.72. The van der Waals surface area contributed by atoms with Gasteiger partial charge >= 0.3 is 5.97 Å². The molecule has 1 atom stereocenters. The van der Waals surface area contributed by atoms with Gasteiger partial charge < -0.3 is 9.53 Å². The molecule has 1 aliphatic rings. The Labute approximate surface area is 114 Å². The average molecular weight is 260 g/mol. The Morgan fingerprint density at radius 2 is 2.26 bits per heavy atom. The first-order valence-corrected chi connectivity index (χ1v) is 6.97. The third kappa shape index (κ3) is 3.43. The highest BCUT2D eigenvalue weighted by atomic mass is 16.5. The first-order valence-electron chi connectivity index (χ1n) is 6.97. The summed E-state index contributed by atoms with van der Waals surface area (Å²) in [4.78, 5) is 22.1. The van der Waals surface area contributed by atoms with Gasteiger partial charge in [-0.3, -0.25) is 0 Å². The van der Waals surface area contributed by atoms with Crippen molar-refractivity contribution < 1.29 is 14.3 Å². The van der Waals surface area contributed by atoms with E-state index in [1.165, 1.54) is 11.1 Å². The first-order chi connectivity index (χ1) is 9.24. The number of aldehydes is 1. The van der Waals surface area contributed by atoms with E-state index < -0.39 is 0 Å². The van der Waals surface area contributed by atoms with Crippen LogP contribution in [0.3, 0.4) is 0 Å². The normalized spacial score (nSPS) is 17.6. The van der Waals surface area contributed by atoms with Gasteiger partial charge in [0.1, 0.15) is 6.29 Å². The fourth-order valence-corrected chi connectivity index (χ4v) is 2.72. The van der Waals surface area contributed by atoms with Gasteiger partial charge in [0.2, 0.25) is 0 Å². The summed E-state index contributed by atoms with van der Waals surface area (Å²) in [5.41, 5.74) is 3.22. The van der Waals surface area contributed by atoms with Crippen molar-refractivity contribution in [3.8, 4) is 0 Å². The topological polar surface area (TPSA) is 43.4 Å². The zero-order valence-electron chi connectivity index (χ0n) is 11.4. The molecule has 1 aliphatic carbocycles. The minimum Gasteiger partial charge on any atom is -0.462 e. The van der Waals surface area contributed by atoms with E-state index in [0.29, 0.717) is 24.5 Å². The van der Waals surface area contributed by atoms with Crippen molar-refractivity contribution in [2.75, 3.05) is 6.61 Å². The van der Waals surface area contributed by atoms with Crippen LogP contribution in [0.2, 0.25) is 0 Å². The fraction of sp³-hybridized carbons (Fsp3) is 0.500. The molecule has 0 unspecified atom stereocenters. The summed E-state index contributed by atoms with van der Waals surface area (Å²) < 4.78 is 5.02. The molecule has 0 aromatic heterocycles. The maximum absolute atomic E-state index is 11.7. The highest BCUT2D eigenvalue weighted by Gasteiger charge is 2.19. The van der Waals surface area contributed by atoms with Crippen molar-refractivity contribution in [3.63, 3.8) is 0 Å². The Kier molecular flexibility index (Phi) is 4.72. The summed E-state index contributed by atoms with van der Waals surface area (Å²) in [6, 6.07) is 5.84. The smallest absolute Gasteiger partial charge is 0.338 e. The predicted octanol–water partition coefficient (Wildman–Crippen LogP) is 2.95. The number of carbonyl (C=O) groups excluding carboxylic acids is 2. The van der Waals surface area contributed by atoms with Crippen LogP contribution in [0.5, 0.6) is 0 Å². The summed E-state index contributed by atoms with van der Waals surface area (Å²) in [5, 5.41) is 0. The minimum atomic E-state index is -0.242. The Morgan fingerprint density at radius 3 is 3.00 bits per heavy atom. The van der Waals surface area contributed by atoms with Crippen molar-refractivity contribution >= 4 is 12.3 Å². The van der Waals surface area contributed by atoms with E-state index in [0.717, 1.165) is 32.0 Å². The van der Waals surface area contributed by atoms with Crippen LogP contribution in [0, 0.1) is 5.92 Å². The number of aryl methyl sites for hydroxylation is 1. The lowest BCUT2D eigenvalue weighted by molar-refractivity contribution is -0.108. The molecule has 3 heteroatoms. The van der Waals surface area contributed by atoms with Crippen molar-refractivity contribution in [3.05, 3.63) is 34.9 Å². The molecule has 0 saturated carbocycles. The van der Waals surface area contributed by atoms with E-state index in [9.17, 15) is 9.59 Å². The lowest BCUT2D eigenvalue weighted by Gasteiger charge is -2.24. The van der Waals surface area contributed by atoms with Crippen LogP contribution in [0.15, 0.2) is 18.2 Å². The quantitative estimate of drug-likeness (QED) is 0.604. The van der Waals surface area contributed by atoms with Crippen molar-refractivity contribution in [2.45, 2.75) is 39.0 Å². The molecular weight excluding hydrogens is 240 g/mol. The number of hydrogen-bond acceptors (Lipinski definition) is 3. The molecule has 1 aromatic rings. The van der Waals surface area contributed by atoms with Gasteiger partial charge in [-0.25, -0.2) is 4.79 Å². The van der Waals surface area contributed by atoms with Crippen LogP contribution in [0.1, 0.15) is 47.7 Å². The summed E-state index contributed by atoms with van der Waals surface area (Å²) in [6.45, 7) is 2.22. The maximum atomic E-state index is 11.7. The highest BCUT2D eigenvalue weighted by molar-refractivity contribution is 5.89. The maximum Gasteiger partial charge on any atom is 0.338 e. The molecule has 19 heavy (non-hydrogen) atoms. The number of benzene rings is 1. The summed E-state index contributed by atoms with van der Waals surface area (Å²) in [5.74, 6) is 0.361. The van der Waals surface area contributed by atoms with Crippen LogP contribution in [0.25, 0.3) is 0 Å². The van der Waals surface area contributed by atoms with E-state index in [-0.39, 0.29) is 5.97 Å².